The molecule has 7 nitrogen and oxygen atoms in total. The van der Waals surface area contributed by atoms with Crippen molar-refractivity contribution in [3.63, 3.8) is 0 Å². The number of nitrogens with one attached hydrogen (secondary N) is 2. The van der Waals surface area contributed by atoms with E-state index >= 15 is 0 Å². The largest absolute Gasteiger partial charge is 0.493 e. The third-order valence-corrected chi connectivity index (χ3v) is 5.97. The van der Waals surface area contributed by atoms with Crippen molar-refractivity contribution in [3.05, 3.63) is 59.0 Å². The molecule has 2 N–H and O–H groups in total. The lowest BCUT2D eigenvalue weighted by atomic mass is 10.0. The second kappa shape index (κ2) is 12.0. The normalized spacial score (nSPS) is 11.3. The van der Waals surface area contributed by atoms with Crippen LogP contribution in [-0.4, -0.2) is 37.8 Å². The van der Waals surface area contributed by atoms with Crippen molar-refractivity contribution < 1.29 is 19.1 Å². The second-order valence-electron chi connectivity index (χ2n) is 7.32. The van der Waals surface area contributed by atoms with Crippen molar-refractivity contribution in [1.29, 1.82) is 0 Å². The number of amides is 2. The van der Waals surface area contributed by atoms with Crippen LogP contribution in [0.15, 0.2) is 52.9 Å². The molecule has 2 amide bonds. The summed E-state index contributed by atoms with van der Waals surface area (Å²) < 4.78 is 11.9. The number of ether oxygens (including phenoxy) is 2. The fourth-order valence-electron chi connectivity index (χ4n) is 3.31. The van der Waals surface area contributed by atoms with Gasteiger partial charge in [-0.15, -0.1) is 11.3 Å². The highest BCUT2D eigenvalue weighted by Crippen LogP contribution is 2.28. The van der Waals surface area contributed by atoms with E-state index in [0.29, 0.717) is 23.7 Å². The van der Waals surface area contributed by atoms with E-state index in [1.807, 2.05) is 19.1 Å². The maximum absolute atomic E-state index is 12.5. The number of nitrogens with zero attached hydrogens (tertiary/aromatic N) is 1. The number of hydrogen-bond donors (Lipinski definition) is 2. The maximum Gasteiger partial charge on any atom is 0.259 e. The van der Waals surface area contributed by atoms with Crippen molar-refractivity contribution >= 4 is 38.9 Å². The Labute approximate surface area is 197 Å². The molecule has 1 heterocycles. The zero-order valence-electron chi connectivity index (χ0n) is 19.1. The summed E-state index contributed by atoms with van der Waals surface area (Å²) in [6.07, 6.45) is 2.75. The van der Waals surface area contributed by atoms with E-state index in [4.69, 9.17) is 9.47 Å². The van der Waals surface area contributed by atoms with Gasteiger partial charge in [-0.05, 0) is 44.0 Å². The van der Waals surface area contributed by atoms with Gasteiger partial charge in [0.15, 0.2) is 11.5 Å². The van der Waals surface area contributed by atoms with Gasteiger partial charge in [0.1, 0.15) is 0 Å². The zero-order chi connectivity index (χ0) is 23.6. The molecule has 0 atom stereocenters. The van der Waals surface area contributed by atoms with Crippen molar-refractivity contribution in [2.24, 2.45) is 5.10 Å². The molecule has 8 heteroatoms. The Bertz CT molecular complexity index is 1140. The quantitative estimate of drug-likeness (QED) is 0.315. The summed E-state index contributed by atoms with van der Waals surface area (Å²) >= 11 is 1.66. The van der Waals surface area contributed by atoms with Crippen LogP contribution >= 0.6 is 11.3 Å². The molecule has 0 aliphatic heterocycles. The van der Waals surface area contributed by atoms with E-state index in [-0.39, 0.29) is 12.5 Å². The fourth-order valence-corrected chi connectivity index (χ4v) is 4.28. The second-order valence-corrected chi connectivity index (χ2v) is 8.24. The average Bonchev–Trinajstić information content (AvgIpc) is 3.27. The first-order valence-corrected chi connectivity index (χ1v) is 11.9. The molecular weight excluding hydrogens is 438 g/mol. The van der Waals surface area contributed by atoms with Crippen LogP contribution in [0.4, 0.5) is 0 Å². The Morgan fingerprint density at radius 2 is 1.91 bits per heavy atom. The van der Waals surface area contributed by atoms with E-state index in [0.717, 1.165) is 35.9 Å². The van der Waals surface area contributed by atoms with Gasteiger partial charge < -0.3 is 14.8 Å². The number of methoxy groups -OCH3 is 1. The van der Waals surface area contributed by atoms with Gasteiger partial charge in [0.25, 0.3) is 11.8 Å². The van der Waals surface area contributed by atoms with Gasteiger partial charge in [0.2, 0.25) is 0 Å². The van der Waals surface area contributed by atoms with Crippen LogP contribution in [0, 0.1) is 0 Å². The Hall–Kier alpha value is -3.39. The topological polar surface area (TPSA) is 89.0 Å². The van der Waals surface area contributed by atoms with Gasteiger partial charge in [0, 0.05) is 26.6 Å². The Morgan fingerprint density at radius 1 is 1.09 bits per heavy atom. The van der Waals surface area contributed by atoms with Crippen LogP contribution in [0.25, 0.3) is 10.1 Å². The van der Waals surface area contributed by atoms with E-state index in [1.165, 1.54) is 11.8 Å². The highest BCUT2D eigenvalue weighted by atomic mass is 32.1. The molecule has 0 fully saturated rings. The molecule has 3 rings (SSSR count). The van der Waals surface area contributed by atoms with Crippen LogP contribution in [0.1, 0.15) is 49.0 Å². The summed E-state index contributed by atoms with van der Waals surface area (Å²) in [4.78, 5) is 24.9. The van der Waals surface area contributed by atoms with Crippen molar-refractivity contribution in [1.82, 2.24) is 10.7 Å². The summed E-state index contributed by atoms with van der Waals surface area (Å²) in [5.41, 5.74) is 4.85. The number of thiophene rings is 1. The number of benzene rings is 2. The molecule has 0 saturated carbocycles. The molecule has 0 spiro atoms. The number of hydrazone groups is 1. The summed E-state index contributed by atoms with van der Waals surface area (Å²) in [5.74, 6) is 0.245. The minimum atomic E-state index is -0.393. The first-order valence-electron chi connectivity index (χ1n) is 11.0. The number of rotatable bonds is 11. The van der Waals surface area contributed by atoms with Crippen LogP contribution in [0.2, 0.25) is 0 Å². The Morgan fingerprint density at radius 3 is 2.67 bits per heavy atom. The highest BCUT2D eigenvalue weighted by Gasteiger charge is 2.14. The molecule has 0 bridgehead atoms. The first-order chi connectivity index (χ1) is 16.1. The molecule has 3 aromatic rings. The van der Waals surface area contributed by atoms with Gasteiger partial charge in [0.05, 0.1) is 26.0 Å². The van der Waals surface area contributed by atoms with Gasteiger partial charge in [-0.25, -0.2) is 5.43 Å². The van der Waals surface area contributed by atoms with E-state index in [9.17, 15) is 9.59 Å². The molecule has 33 heavy (non-hydrogen) atoms. The number of unbranched alkanes of at least 4 members (excludes halogenated alkanes) is 1. The van der Waals surface area contributed by atoms with Crippen LogP contribution in [0.5, 0.6) is 11.5 Å². The highest BCUT2D eigenvalue weighted by molar-refractivity contribution is 7.17. The number of hydrogen-bond acceptors (Lipinski definition) is 6. The number of carbonyl (C=O) groups excluding carboxylic acids is 2. The van der Waals surface area contributed by atoms with Crippen LogP contribution in [0.3, 0.4) is 0 Å². The molecule has 0 aliphatic rings. The molecule has 0 unspecified atom stereocenters. The molecule has 2 aromatic carbocycles. The Balaban J connectivity index is 1.65. The minimum Gasteiger partial charge on any atom is -0.493 e. The monoisotopic (exact) mass is 467 g/mol. The lowest BCUT2D eigenvalue weighted by Crippen LogP contribution is -2.35. The Kier molecular flexibility index (Phi) is 8.83. The molecule has 1 aromatic heterocycles. The van der Waals surface area contributed by atoms with Crippen LogP contribution in [-0.2, 0) is 4.79 Å². The zero-order valence-corrected chi connectivity index (χ0v) is 20.0. The predicted molar refractivity (Wildman–Crippen MR) is 133 cm³/mol. The lowest BCUT2D eigenvalue weighted by Gasteiger charge is -2.11. The van der Waals surface area contributed by atoms with Crippen molar-refractivity contribution in [2.45, 2.75) is 33.1 Å². The smallest absolute Gasteiger partial charge is 0.259 e. The molecule has 174 valence electrons. The SMILES string of the molecule is CCCC/C(=N\NC(=O)CNC(=O)c1ccc(OC)c(OCC)c1)c1csc2ccccc12. The summed E-state index contributed by atoms with van der Waals surface area (Å²) in [6, 6.07) is 13.0. The first kappa shape index (κ1) is 24.3. The maximum atomic E-state index is 12.5. The molecular formula is C25H29N3O4S. The van der Waals surface area contributed by atoms with E-state index in [2.05, 4.69) is 40.3 Å². The summed E-state index contributed by atoms with van der Waals surface area (Å²) in [7, 11) is 1.54. The van der Waals surface area contributed by atoms with Gasteiger partial charge >= 0.3 is 0 Å². The third kappa shape index (κ3) is 6.32. The van der Waals surface area contributed by atoms with E-state index in [1.54, 1.807) is 29.5 Å². The summed E-state index contributed by atoms with van der Waals surface area (Å²) in [6.45, 7) is 4.23. The van der Waals surface area contributed by atoms with Gasteiger partial charge in [-0.3, -0.25) is 9.59 Å². The predicted octanol–water partition coefficient (Wildman–Crippen LogP) is 4.75. The fraction of sp³-hybridized carbons (Fsp3) is 0.320. The third-order valence-electron chi connectivity index (χ3n) is 5.01. The minimum absolute atomic E-state index is 0.191. The molecule has 0 radical (unpaired) electrons. The lowest BCUT2D eigenvalue weighted by molar-refractivity contribution is -0.120. The number of fused-ring (bicyclic) bond motifs is 1. The van der Waals surface area contributed by atoms with E-state index < -0.39 is 5.91 Å². The van der Waals surface area contributed by atoms with Crippen molar-refractivity contribution in [3.8, 4) is 11.5 Å². The van der Waals surface area contributed by atoms with Gasteiger partial charge in [-0.1, -0.05) is 31.5 Å². The van der Waals surface area contributed by atoms with Crippen LogP contribution < -0.4 is 20.2 Å². The summed E-state index contributed by atoms with van der Waals surface area (Å²) in [5, 5.41) is 10.2. The standard InChI is InChI=1S/C25H29N3O4S/c1-4-6-10-20(19-16-33-23-11-8-7-9-18(19)23)27-28-24(29)15-26-25(30)17-12-13-21(31-3)22(14-17)32-5-2/h7-9,11-14,16H,4-6,10,15H2,1-3H3,(H,26,30)(H,28,29)/b27-20+. The number of carbonyl (C=O) groups is 2. The molecule has 0 aliphatic carbocycles. The average molecular weight is 468 g/mol. The van der Waals surface area contributed by atoms with Crippen molar-refractivity contribution in [2.75, 3.05) is 20.3 Å². The molecule has 0 saturated heterocycles. The van der Waals surface area contributed by atoms with Gasteiger partial charge in [-0.2, -0.15) is 5.10 Å².